The molecule has 0 spiro atoms. The Morgan fingerprint density at radius 3 is 1.22 bits per heavy atom. The van der Waals surface area contributed by atoms with E-state index in [0.29, 0.717) is 0 Å². The van der Waals surface area contributed by atoms with Crippen molar-refractivity contribution in [2.24, 2.45) is 0 Å². The van der Waals surface area contributed by atoms with E-state index < -0.39 is 5.92 Å². The van der Waals surface area contributed by atoms with Gasteiger partial charge in [-0.3, -0.25) is 0 Å². The van der Waals surface area contributed by atoms with Crippen LogP contribution in [0.2, 0.25) is 0 Å². The second-order valence-electron chi connectivity index (χ2n) is 1.56. The van der Waals surface area contributed by atoms with E-state index in [0.717, 1.165) is 0 Å². The van der Waals surface area contributed by atoms with Gasteiger partial charge in [0.2, 0.25) is 5.92 Å². The molecule has 0 nitrogen and oxygen atoms in total. The van der Waals surface area contributed by atoms with Crippen molar-refractivity contribution in [3.05, 3.63) is 0 Å². The van der Waals surface area contributed by atoms with Crippen LogP contribution in [0.3, 0.4) is 0 Å². The number of halogens is 2. The third-order valence-electron chi connectivity index (χ3n) is 1.03. The second-order valence-corrected chi connectivity index (χ2v) is 1.56. The van der Waals surface area contributed by atoms with Crippen molar-refractivity contribution in [3.8, 4) is 0 Å². The van der Waals surface area contributed by atoms with Crippen LogP contribution in [-0.4, -0.2) is 5.92 Å². The van der Waals surface area contributed by atoms with E-state index in [1.807, 2.05) is 13.8 Å². The molecule has 0 saturated heterocycles. The van der Waals surface area contributed by atoms with Crippen LogP contribution in [0.1, 0.15) is 40.5 Å². The molecule has 0 aliphatic rings. The highest BCUT2D eigenvalue weighted by molar-refractivity contribution is 4.57. The largest absolute Gasteiger partial charge is 0.247 e. The normalized spacial score (nSPS) is 10.0. The minimum atomic E-state index is -2.42. The molecular formula is C7H16F2. The molecule has 58 valence electrons. The van der Waals surface area contributed by atoms with Gasteiger partial charge in [0.15, 0.2) is 0 Å². The van der Waals surface area contributed by atoms with Crippen LogP contribution < -0.4 is 0 Å². The van der Waals surface area contributed by atoms with Crippen LogP contribution in [-0.2, 0) is 0 Å². The zero-order valence-corrected chi connectivity index (χ0v) is 6.67. The molecule has 0 aromatic heterocycles. The Balaban J connectivity index is 0. The van der Waals surface area contributed by atoms with Gasteiger partial charge in [-0.1, -0.05) is 27.7 Å². The number of hydrogen-bond acceptors (Lipinski definition) is 0. The highest BCUT2D eigenvalue weighted by atomic mass is 19.3. The predicted octanol–water partition coefficient (Wildman–Crippen LogP) is 3.47. The van der Waals surface area contributed by atoms with Gasteiger partial charge in [0.05, 0.1) is 0 Å². The Morgan fingerprint density at radius 2 is 1.22 bits per heavy atom. The zero-order chi connectivity index (χ0) is 7.91. The van der Waals surface area contributed by atoms with E-state index in [1.54, 1.807) is 0 Å². The van der Waals surface area contributed by atoms with Gasteiger partial charge in [-0.25, -0.2) is 8.78 Å². The zero-order valence-electron chi connectivity index (χ0n) is 6.67. The smallest absolute Gasteiger partial charge is 0.207 e. The van der Waals surface area contributed by atoms with Gasteiger partial charge in [0, 0.05) is 12.8 Å². The van der Waals surface area contributed by atoms with E-state index in [1.165, 1.54) is 13.8 Å². The van der Waals surface area contributed by atoms with Crippen molar-refractivity contribution in [2.75, 3.05) is 0 Å². The minimum Gasteiger partial charge on any atom is -0.207 e. The molecule has 0 aliphatic carbocycles. The predicted molar refractivity (Wildman–Crippen MR) is 36.9 cm³/mol. The average molecular weight is 138 g/mol. The van der Waals surface area contributed by atoms with Gasteiger partial charge in [0.1, 0.15) is 0 Å². The molecular weight excluding hydrogens is 122 g/mol. The van der Waals surface area contributed by atoms with Crippen molar-refractivity contribution in [1.29, 1.82) is 0 Å². The van der Waals surface area contributed by atoms with Crippen LogP contribution in [0.25, 0.3) is 0 Å². The maximum atomic E-state index is 11.9. The summed E-state index contributed by atoms with van der Waals surface area (Å²) >= 11 is 0. The lowest BCUT2D eigenvalue weighted by atomic mass is 10.2. The molecule has 0 aliphatic heterocycles. The maximum absolute atomic E-state index is 11.9. The fraction of sp³-hybridized carbons (Fsp3) is 1.00. The van der Waals surface area contributed by atoms with E-state index in [2.05, 4.69) is 0 Å². The van der Waals surface area contributed by atoms with Crippen molar-refractivity contribution in [1.82, 2.24) is 0 Å². The minimum absolute atomic E-state index is 0.0382. The van der Waals surface area contributed by atoms with Crippen LogP contribution in [0.5, 0.6) is 0 Å². The quantitative estimate of drug-likeness (QED) is 0.548. The molecule has 0 N–H and O–H groups in total. The lowest BCUT2D eigenvalue weighted by molar-refractivity contribution is -0.00646. The van der Waals surface area contributed by atoms with E-state index in [-0.39, 0.29) is 12.8 Å². The molecule has 0 atom stereocenters. The molecule has 0 aromatic rings. The molecule has 9 heavy (non-hydrogen) atoms. The van der Waals surface area contributed by atoms with Gasteiger partial charge in [-0.05, 0) is 0 Å². The number of hydrogen-bond donors (Lipinski definition) is 0. The van der Waals surface area contributed by atoms with Gasteiger partial charge < -0.3 is 0 Å². The standard InChI is InChI=1S/C5H10F2.C2H6/c1-3-5(6,7)4-2;1-2/h3-4H2,1-2H3;1-2H3. The summed E-state index contributed by atoms with van der Waals surface area (Å²) < 4.78 is 23.8. The van der Waals surface area contributed by atoms with Crippen molar-refractivity contribution in [3.63, 3.8) is 0 Å². The maximum Gasteiger partial charge on any atom is 0.247 e. The molecule has 0 rings (SSSR count). The van der Waals surface area contributed by atoms with Crippen molar-refractivity contribution < 1.29 is 8.78 Å². The lowest BCUT2D eigenvalue weighted by Crippen LogP contribution is -2.10. The first-order valence-corrected chi connectivity index (χ1v) is 3.50. The lowest BCUT2D eigenvalue weighted by Gasteiger charge is -2.08. The van der Waals surface area contributed by atoms with E-state index in [9.17, 15) is 8.78 Å². The Labute approximate surface area is 56.3 Å². The van der Waals surface area contributed by atoms with Crippen LogP contribution >= 0.6 is 0 Å². The SMILES string of the molecule is CC.CCC(F)(F)CC. The molecule has 0 bridgehead atoms. The first-order valence-electron chi connectivity index (χ1n) is 3.50. The number of rotatable bonds is 2. The molecule has 0 amide bonds. The third-order valence-corrected chi connectivity index (χ3v) is 1.03. The fourth-order valence-corrected chi connectivity index (χ4v) is 0.250. The first kappa shape index (κ1) is 11.6. The van der Waals surface area contributed by atoms with Gasteiger partial charge in [-0.15, -0.1) is 0 Å². The summed E-state index contributed by atoms with van der Waals surface area (Å²) in [6.45, 7) is 6.98. The molecule has 2 heteroatoms. The molecule has 0 unspecified atom stereocenters. The Morgan fingerprint density at radius 1 is 1.00 bits per heavy atom. The highest BCUT2D eigenvalue weighted by Crippen LogP contribution is 2.20. The monoisotopic (exact) mass is 138 g/mol. The summed E-state index contributed by atoms with van der Waals surface area (Å²) in [5, 5.41) is 0. The fourth-order valence-electron chi connectivity index (χ4n) is 0.250. The Hall–Kier alpha value is -0.140. The van der Waals surface area contributed by atoms with Gasteiger partial charge in [0.25, 0.3) is 0 Å². The Kier molecular flexibility index (Phi) is 7.74. The average Bonchev–Trinajstić information content (AvgIpc) is 1.93. The Bertz CT molecular complexity index is 44.9. The molecule has 0 saturated carbocycles. The van der Waals surface area contributed by atoms with E-state index >= 15 is 0 Å². The first-order chi connectivity index (χ1) is 4.12. The summed E-state index contributed by atoms with van der Waals surface area (Å²) in [5.74, 6) is -2.42. The van der Waals surface area contributed by atoms with Gasteiger partial charge in [-0.2, -0.15) is 0 Å². The van der Waals surface area contributed by atoms with Crippen LogP contribution in [0.15, 0.2) is 0 Å². The summed E-state index contributed by atoms with van der Waals surface area (Å²) in [5.41, 5.74) is 0. The summed E-state index contributed by atoms with van der Waals surface area (Å²) in [7, 11) is 0. The second kappa shape index (κ2) is 5.99. The van der Waals surface area contributed by atoms with Crippen molar-refractivity contribution in [2.45, 2.75) is 46.5 Å². The van der Waals surface area contributed by atoms with Gasteiger partial charge >= 0.3 is 0 Å². The summed E-state index contributed by atoms with van der Waals surface area (Å²) in [6, 6.07) is 0. The van der Waals surface area contributed by atoms with Crippen LogP contribution in [0, 0.1) is 0 Å². The highest BCUT2D eigenvalue weighted by Gasteiger charge is 2.21. The number of alkyl halides is 2. The van der Waals surface area contributed by atoms with Crippen molar-refractivity contribution >= 4 is 0 Å². The molecule has 0 heterocycles. The van der Waals surface area contributed by atoms with E-state index in [4.69, 9.17) is 0 Å². The molecule has 0 aromatic carbocycles. The third kappa shape index (κ3) is 7.86. The topological polar surface area (TPSA) is 0 Å². The summed E-state index contributed by atoms with van der Waals surface area (Å²) in [4.78, 5) is 0. The van der Waals surface area contributed by atoms with Crippen LogP contribution in [0.4, 0.5) is 8.78 Å². The molecule has 0 fully saturated rings. The summed E-state index contributed by atoms with van der Waals surface area (Å²) in [6.07, 6.45) is -0.0764. The molecule has 0 radical (unpaired) electrons.